The van der Waals surface area contributed by atoms with Crippen molar-refractivity contribution in [2.45, 2.75) is 5.16 Å². The zero-order chi connectivity index (χ0) is 22.1. The fourth-order valence-corrected chi connectivity index (χ4v) is 4.22. The topological polar surface area (TPSA) is 77.1 Å². The van der Waals surface area contributed by atoms with E-state index in [0.717, 1.165) is 17.1 Å². The minimum Gasteiger partial charge on any atom is -0.448 e. The van der Waals surface area contributed by atoms with Gasteiger partial charge in [-0.05, 0) is 42.5 Å². The molecule has 5 rings (SSSR count). The van der Waals surface area contributed by atoms with Gasteiger partial charge in [-0.2, -0.15) is 0 Å². The van der Waals surface area contributed by atoms with Crippen LogP contribution in [-0.2, 0) is 4.79 Å². The molecule has 0 saturated heterocycles. The number of amides is 1. The molecule has 0 atom stereocenters. The molecule has 0 bridgehead atoms. The van der Waals surface area contributed by atoms with Crippen LogP contribution in [0.25, 0.3) is 27.8 Å². The highest BCUT2D eigenvalue weighted by atomic mass is 32.2. The Hall–Kier alpha value is -3.91. The van der Waals surface area contributed by atoms with Crippen molar-refractivity contribution in [1.29, 1.82) is 0 Å². The summed E-state index contributed by atoms with van der Waals surface area (Å²) >= 11 is 1.12. The van der Waals surface area contributed by atoms with Crippen LogP contribution in [0.15, 0.2) is 93.2 Å². The van der Waals surface area contributed by atoms with Crippen LogP contribution in [0.3, 0.4) is 0 Å². The molecule has 158 valence electrons. The number of carbonyl (C=O) groups excluding carboxylic acids is 1. The average Bonchev–Trinajstić information content (AvgIpc) is 3.17. The van der Waals surface area contributed by atoms with E-state index < -0.39 is 5.82 Å². The van der Waals surface area contributed by atoms with E-state index in [1.54, 1.807) is 24.3 Å². The number of fused-ring (bicyclic) bond motifs is 3. The fraction of sp³-hybridized carbons (Fsp3) is 0.0417. The lowest BCUT2D eigenvalue weighted by molar-refractivity contribution is -0.113. The van der Waals surface area contributed by atoms with Gasteiger partial charge in [-0.1, -0.05) is 48.2 Å². The van der Waals surface area contributed by atoms with Gasteiger partial charge in [0, 0.05) is 11.1 Å². The number of hydrogen-bond acceptors (Lipinski definition) is 5. The fourth-order valence-electron chi connectivity index (χ4n) is 3.42. The molecule has 5 aromatic rings. The summed E-state index contributed by atoms with van der Waals surface area (Å²) in [6.07, 6.45) is 0. The quantitative estimate of drug-likeness (QED) is 0.304. The van der Waals surface area contributed by atoms with Crippen LogP contribution in [0, 0.1) is 5.82 Å². The number of carbonyl (C=O) groups is 1. The van der Waals surface area contributed by atoms with E-state index in [-0.39, 0.29) is 22.8 Å². The monoisotopic (exact) mass is 445 g/mol. The summed E-state index contributed by atoms with van der Waals surface area (Å²) in [5, 5.41) is 3.74. The average molecular weight is 445 g/mol. The molecule has 0 aliphatic heterocycles. The van der Waals surface area contributed by atoms with Gasteiger partial charge in [0.15, 0.2) is 5.16 Å². The van der Waals surface area contributed by atoms with Crippen molar-refractivity contribution in [2.75, 3.05) is 11.1 Å². The highest BCUT2D eigenvalue weighted by Gasteiger charge is 2.19. The van der Waals surface area contributed by atoms with Crippen LogP contribution in [0.1, 0.15) is 0 Å². The Bertz CT molecular complexity index is 1510. The van der Waals surface area contributed by atoms with Gasteiger partial charge in [0.05, 0.1) is 11.4 Å². The number of nitrogens with zero attached hydrogens (tertiary/aromatic N) is 2. The van der Waals surface area contributed by atoms with Crippen LogP contribution in [0.5, 0.6) is 0 Å². The molecule has 2 aromatic heterocycles. The first-order valence-electron chi connectivity index (χ1n) is 9.78. The molecule has 0 radical (unpaired) electrons. The Kier molecular flexibility index (Phi) is 5.20. The molecule has 3 aromatic carbocycles. The summed E-state index contributed by atoms with van der Waals surface area (Å²) in [5.41, 5.74) is 1.79. The van der Waals surface area contributed by atoms with E-state index in [9.17, 15) is 14.0 Å². The lowest BCUT2D eigenvalue weighted by Crippen LogP contribution is -2.22. The number of nitrogens with one attached hydrogen (secondary N) is 1. The van der Waals surface area contributed by atoms with Gasteiger partial charge in [-0.3, -0.25) is 14.2 Å². The van der Waals surface area contributed by atoms with Gasteiger partial charge in [-0.25, -0.2) is 9.37 Å². The molecule has 0 fully saturated rings. The molecule has 0 aliphatic rings. The second kappa shape index (κ2) is 8.32. The van der Waals surface area contributed by atoms with Crippen molar-refractivity contribution in [1.82, 2.24) is 9.55 Å². The van der Waals surface area contributed by atoms with Crippen molar-refractivity contribution in [2.24, 2.45) is 0 Å². The molecule has 1 N–H and O–H groups in total. The van der Waals surface area contributed by atoms with Crippen LogP contribution in [0.2, 0.25) is 0 Å². The van der Waals surface area contributed by atoms with Crippen molar-refractivity contribution in [3.8, 4) is 5.69 Å². The van der Waals surface area contributed by atoms with Crippen molar-refractivity contribution >= 4 is 45.4 Å². The first-order valence-corrected chi connectivity index (χ1v) is 10.8. The second-order valence-corrected chi connectivity index (χ2v) is 7.94. The maximum atomic E-state index is 13.4. The number of furan rings is 1. The van der Waals surface area contributed by atoms with Crippen molar-refractivity contribution in [3.05, 3.63) is 95.0 Å². The number of hydrogen-bond donors (Lipinski definition) is 1. The van der Waals surface area contributed by atoms with Gasteiger partial charge < -0.3 is 9.73 Å². The molecule has 0 unspecified atom stereocenters. The van der Waals surface area contributed by atoms with E-state index in [1.165, 1.54) is 22.8 Å². The molecule has 6 nitrogen and oxygen atoms in total. The predicted octanol–water partition coefficient (Wildman–Crippen LogP) is 5.00. The maximum Gasteiger partial charge on any atom is 0.302 e. The Morgan fingerprint density at radius 1 is 1.03 bits per heavy atom. The summed E-state index contributed by atoms with van der Waals surface area (Å²) in [6, 6.07) is 22.0. The van der Waals surface area contributed by atoms with Gasteiger partial charge in [0.1, 0.15) is 16.9 Å². The minimum absolute atomic E-state index is 0.0168. The molecule has 0 aliphatic carbocycles. The first kappa shape index (κ1) is 20.0. The third-order valence-electron chi connectivity index (χ3n) is 4.82. The van der Waals surface area contributed by atoms with Gasteiger partial charge in [0.2, 0.25) is 11.5 Å². The first-order chi connectivity index (χ1) is 15.6. The van der Waals surface area contributed by atoms with E-state index in [1.807, 2.05) is 36.4 Å². The van der Waals surface area contributed by atoms with Gasteiger partial charge >= 0.3 is 5.56 Å². The van der Waals surface area contributed by atoms with Crippen LogP contribution in [0.4, 0.5) is 10.1 Å². The molecule has 2 heterocycles. The summed E-state index contributed by atoms with van der Waals surface area (Å²) in [5.74, 6) is -0.796. The Labute approximate surface area is 185 Å². The Morgan fingerprint density at radius 2 is 1.81 bits per heavy atom. The van der Waals surface area contributed by atoms with E-state index in [4.69, 9.17) is 4.42 Å². The second-order valence-electron chi connectivity index (χ2n) is 6.99. The van der Waals surface area contributed by atoms with E-state index in [0.29, 0.717) is 27.6 Å². The lowest BCUT2D eigenvalue weighted by Gasteiger charge is -2.11. The minimum atomic E-state index is -0.438. The Balaban J connectivity index is 1.55. The largest absolute Gasteiger partial charge is 0.448 e. The van der Waals surface area contributed by atoms with Crippen LogP contribution < -0.4 is 10.9 Å². The van der Waals surface area contributed by atoms with E-state index in [2.05, 4.69) is 10.3 Å². The smallest absolute Gasteiger partial charge is 0.302 e. The van der Waals surface area contributed by atoms with Gasteiger partial charge in [-0.15, -0.1) is 0 Å². The lowest BCUT2D eigenvalue weighted by atomic mass is 10.2. The summed E-state index contributed by atoms with van der Waals surface area (Å²) in [6.45, 7) is 0. The number of aromatic nitrogens is 2. The third kappa shape index (κ3) is 3.76. The number of rotatable bonds is 5. The molecule has 8 heteroatoms. The number of halogens is 1. The summed E-state index contributed by atoms with van der Waals surface area (Å²) < 4.78 is 20.6. The third-order valence-corrected chi connectivity index (χ3v) is 5.76. The van der Waals surface area contributed by atoms with Crippen LogP contribution >= 0.6 is 11.8 Å². The maximum absolute atomic E-state index is 13.4. The van der Waals surface area contributed by atoms with E-state index >= 15 is 0 Å². The number of benzene rings is 3. The molecule has 0 saturated carbocycles. The SMILES string of the molecule is O=C(CSc1nc2c(oc3ccccc32)c(=O)n1-c1ccccc1)Nc1cccc(F)c1. The number of para-hydroxylation sites is 2. The molecule has 32 heavy (non-hydrogen) atoms. The summed E-state index contributed by atoms with van der Waals surface area (Å²) in [7, 11) is 0. The number of thioether (sulfide) groups is 1. The van der Waals surface area contributed by atoms with Crippen LogP contribution in [-0.4, -0.2) is 21.2 Å². The van der Waals surface area contributed by atoms with Crippen molar-refractivity contribution < 1.29 is 13.6 Å². The zero-order valence-corrected chi connectivity index (χ0v) is 17.4. The zero-order valence-electron chi connectivity index (χ0n) is 16.6. The highest BCUT2D eigenvalue weighted by molar-refractivity contribution is 7.99. The standard InChI is InChI=1S/C24H16FN3O3S/c25-15-7-6-8-16(13-15)26-20(29)14-32-24-27-21-18-11-4-5-12-19(18)31-22(21)23(30)28(24)17-9-2-1-3-10-17/h1-13H,14H2,(H,26,29). The number of anilines is 1. The Morgan fingerprint density at radius 3 is 2.62 bits per heavy atom. The molecular formula is C24H16FN3O3S. The van der Waals surface area contributed by atoms with Crippen molar-refractivity contribution in [3.63, 3.8) is 0 Å². The highest BCUT2D eigenvalue weighted by Crippen LogP contribution is 2.28. The summed E-state index contributed by atoms with van der Waals surface area (Å²) in [4.78, 5) is 30.5. The predicted molar refractivity (Wildman–Crippen MR) is 123 cm³/mol. The van der Waals surface area contributed by atoms with Gasteiger partial charge in [0.25, 0.3) is 0 Å². The molecular weight excluding hydrogens is 429 g/mol. The normalized spacial score (nSPS) is 11.2. The molecule has 0 spiro atoms. The molecule has 1 amide bonds.